The van der Waals surface area contributed by atoms with Crippen LogP contribution in [0.1, 0.15) is 56.1 Å². The molecule has 8 heteroatoms. The van der Waals surface area contributed by atoms with Crippen molar-refractivity contribution in [1.29, 1.82) is 0 Å². The number of hydrogen-bond donors (Lipinski definition) is 1. The monoisotopic (exact) mass is 423 g/mol. The van der Waals surface area contributed by atoms with E-state index in [4.69, 9.17) is 4.74 Å². The number of thiazole rings is 1. The van der Waals surface area contributed by atoms with E-state index in [9.17, 15) is 4.79 Å². The van der Waals surface area contributed by atoms with E-state index in [1.165, 1.54) is 4.88 Å². The fraction of sp³-hybridized carbons (Fsp3) is 0.762. The van der Waals surface area contributed by atoms with Gasteiger partial charge in [-0.1, -0.05) is 0 Å². The molecule has 0 aliphatic carbocycles. The molecule has 0 atom stereocenters. The predicted molar refractivity (Wildman–Crippen MR) is 120 cm³/mol. The molecular formula is C21H37N5O2S. The maximum absolute atomic E-state index is 12.4. The molecule has 1 aliphatic heterocycles. The minimum atomic E-state index is -0.457. The zero-order valence-corrected chi connectivity index (χ0v) is 19.9. The van der Waals surface area contributed by atoms with Crippen LogP contribution in [-0.4, -0.2) is 65.7 Å². The van der Waals surface area contributed by atoms with Gasteiger partial charge in [-0.25, -0.2) is 9.78 Å². The highest BCUT2D eigenvalue weighted by Crippen LogP contribution is 2.21. The molecule has 2 rings (SSSR count). The summed E-state index contributed by atoms with van der Waals surface area (Å²) in [5, 5.41) is 4.58. The Bertz CT molecular complexity index is 702. The molecule has 0 radical (unpaired) electrons. The van der Waals surface area contributed by atoms with Crippen molar-refractivity contribution < 1.29 is 9.53 Å². The Morgan fingerprint density at radius 3 is 2.48 bits per heavy atom. The van der Waals surface area contributed by atoms with Gasteiger partial charge < -0.3 is 19.9 Å². The predicted octanol–water partition coefficient (Wildman–Crippen LogP) is 3.80. The fourth-order valence-corrected chi connectivity index (χ4v) is 4.40. The van der Waals surface area contributed by atoms with E-state index in [1.54, 1.807) is 11.3 Å². The van der Waals surface area contributed by atoms with Crippen molar-refractivity contribution in [2.75, 3.05) is 33.2 Å². The summed E-state index contributed by atoms with van der Waals surface area (Å²) in [5.74, 6) is 1.43. The number of aliphatic imine (C=N–C) groups is 1. The van der Waals surface area contributed by atoms with Crippen molar-refractivity contribution in [2.24, 2.45) is 10.9 Å². The van der Waals surface area contributed by atoms with E-state index in [0.717, 1.165) is 55.7 Å². The van der Waals surface area contributed by atoms with E-state index in [2.05, 4.69) is 27.1 Å². The van der Waals surface area contributed by atoms with Gasteiger partial charge in [0, 0.05) is 38.1 Å². The number of piperidine rings is 1. The zero-order chi connectivity index (χ0) is 21.6. The smallest absolute Gasteiger partial charge is 0.410 e. The highest BCUT2D eigenvalue weighted by molar-refractivity contribution is 7.11. The average Bonchev–Trinajstić information content (AvgIpc) is 2.97. The average molecular weight is 424 g/mol. The molecule has 7 nitrogen and oxygen atoms in total. The van der Waals surface area contributed by atoms with E-state index < -0.39 is 5.60 Å². The number of guanidine groups is 1. The Morgan fingerprint density at radius 2 is 2.00 bits per heavy atom. The van der Waals surface area contributed by atoms with Crippen LogP contribution in [0.25, 0.3) is 0 Å². The third-order valence-electron chi connectivity index (χ3n) is 5.04. The van der Waals surface area contributed by atoms with Gasteiger partial charge in [-0.15, -0.1) is 11.3 Å². The number of aromatic nitrogens is 1. The second kappa shape index (κ2) is 10.3. The molecule has 29 heavy (non-hydrogen) atoms. The first-order valence-electron chi connectivity index (χ1n) is 10.5. The van der Waals surface area contributed by atoms with Crippen LogP contribution in [0.4, 0.5) is 4.79 Å². The van der Waals surface area contributed by atoms with Crippen LogP contribution < -0.4 is 5.32 Å². The van der Waals surface area contributed by atoms with Crippen LogP contribution in [0.3, 0.4) is 0 Å². The molecule has 0 bridgehead atoms. The Morgan fingerprint density at radius 1 is 1.34 bits per heavy atom. The van der Waals surface area contributed by atoms with Gasteiger partial charge in [0.1, 0.15) is 5.60 Å². The number of carbonyl (C=O) groups excluding carboxylic acids is 1. The van der Waals surface area contributed by atoms with E-state index in [1.807, 2.05) is 46.6 Å². The molecular weight excluding hydrogens is 386 g/mol. The van der Waals surface area contributed by atoms with Gasteiger partial charge in [0.25, 0.3) is 0 Å². The lowest BCUT2D eigenvalue weighted by atomic mass is 9.96. The number of likely N-dealkylation sites (tertiary alicyclic amines) is 1. The van der Waals surface area contributed by atoms with Crippen molar-refractivity contribution in [3.8, 4) is 0 Å². The topological polar surface area (TPSA) is 70.1 Å². The first kappa shape index (κ1) is 23.4. The Kier molecular flexibility index (Phi) is 8.31. The van der Waals surface area contributed by atoms with Gasteiger partial charge in [-0.2, -0.15) is 0 Å². The fourth-order valence-electron chi connectivity index (χ4n) is 3.53. The summed E-state index contributed by atoms with van der Waals surface area (Å²) < 4.78 is 5.54. The Labute approximate surface area is 179 Å². The zero-order valence-electron chi connectivity index (χ0n) is 19.0. The normalized spacial score (nSPS) is 16.1. The van der Waals surface area contributed by atoms with Crippen molar-refractivity contribution in [3.05, 3.63) is 15.6 Å². The van der Waals surface area contributed by atoms with E-state index >= 15 is 0 Å². The number of nitrogens with one attached hydrogen (secondary N) is 1. The highest BCUT2D eigenvalue weighted by Gasteiger charge is 2.27. The van der Waals surface area contributed by atoms with Gasteiger partial charge in [0.05, 0.1) is 17.2 Å². The number of ether oxygens (including phenoxy) is 1. The lowest BCUT2D eigenvalue weighted by Crippen LogP contribution is -2.47. The minimum absolute atomic E-state index is 0.213. The molecule has 2 heterocycles. The lowest BCUT2D eigenvalue weighted by Gasteiger charge is -2.36. The number of nitrogens with zero attached hydrogens (tertiary/aromatic N) is 4. The first-order valence-corrected chi connectivity index (χ1v) is 11.3. The Hall–Kier alpha value is -1.83. The van der Waals surface area contributed by atoms with Crippen LogP contribution in [0.15, 0.2) is 4.99 Å². The highest BCUT2D eigenvalue weighted by atomic mass is 32.1. The molecule has 164 valence electrons. The van der Waals surface area contributed by atoms with Crippen LogP contribution in [0.2, 0.25) is 0 Å². The first-order chi connectivity index (χ1) is 13.6. The van der Waals surface area contributed by atoms with Gasteiger partial charge >= 0.3 is 6.09 Å². The molecule has 1 saturated heterocycles. The SMILES string of the molecule is CCN(CC1CCN(C(=NC)NCc2sc(C)nc2C)CC1)C(=O)OC(C)(C)C. The summed E-state index contributed by atoms with van der Waals surface area (Å²) in [4.78, 5) is 26.7. The molecule has 0 aromatic carbocycles. The second-order valence-corrected chi connectivity index (χ2v) is 9.88. The molecule has 1 aromatic heterocycles. The van der Waals surface area contributed by atoms with Crippen LogP contribution in [-0.2, 0) is 11.3 Å². The number of hydrogen-bond acceptors (Lipinski definition) is 5. The Balaban J connectivity index is 1.83. The standard InChI is InChI=1S/C21H37N5O2S/c1-8-25(20(27)28-21(4,5)6)14-17-9-11-26(12-10-17)19(22-7)23-13-18-15(2)24-16(3)29-18/h17H,8-14H2,1-7H3,(H,22,23). The maximum Gasteiger partial charge on any atom is 0.410 e. The molecule has 1 N–H and O–H groups in total. The number of carbonyl (C=O) groups is 1. The molecule has 1 amide bonds. The largest absolute Gasteiger partial charge is 0.444 e. The van der Waals surface area contributed by atoms with Crippen molar-refractivity contribution >= 4 is 23.4 Å². The van der Waals surface area contributed by atoms with Crippen LogP contribution in [0, 0.1) is 19.8 Å². The summed E-state index contributed by atoms with van der Waals surface area (Å²) in [6.07, 6.45) is 1.87. The van der Waals surface area contributed by atoms with Crippen LogP contribution in [0.5, 0.6) is 0 Å². The molecule has 0 spiro atoms. The number of amides is 1. The summed E-state index contributed by atoms with van der Waals surface area (Å²) in [7, 11) is 1.83. The van der Waals surface area contributed by atoms with E-state index in [0.29, 0.717) is 12.5 Å². The summed E-state index contributed by atoms with van der Waals surface area (Å²) in [5.41, 5.74) is 0.636. The molecule has 0 saturated carbocycles. The van der Waals surface area contributed by atoms with Crippen molar-refractivity contribution in [2.45, 2.75) is 66.5 Å². The van der Waals surface area contributed by atoms with Gasteiger partial charge in [0.15, 0.2) is 5.96 Å². The third-order valence-corrected chi connectivity index (χ3v) is 6.12. The molecule has 1 aromatic rings. The maximum atomic E-state index is 12.4. The quantitative estimate of drug-likeness (QED) is 0.576. The van der Waals surface area contributed by atoms with Crippen molar-refractivity contribution in [3.63, 3.8) is 0 Å². The van der Waals surface area contributed by atoms with Gasteiger partial charge in [0.2, 0.25) is 0 Å². The summed E-state index contributed by atoms with van der Waals surface area (Å²) in [6, 6.07) is 0. The second-order valence-electron chi connectivity index (χ2n) is 8.59. The summed E-state index contributed by atoms with van der Waals surface area (Å²) in [6.45, 7) is 15.9. The molecule has 1 fully saturated rings. The number of aryl methyl sites for hydroxylation is 2. The number of rotatable bonds is 5. The van der Waals surface area contributed by atoms with Gasteiger partial charge in [-0.05, 0) is 60.3 Å². The molecule has 0 unspecified atom stereocenters. The van der Waals surface area contributed by atoms with Gasteiger partial charge in [-0.3, -0.25) is 4.99 Å². The molecule has 1 aliphatic rings. The van der Waals surface area contributed by atoms with Crippen molar-refractivity contribution in [1.82, 2.24) is 20.1 Å². The summed E-state index contributed by atoms with van der Waals surface area (Å²) >= 11 is 1.73. The third kappa shape index (κ3) is 7.17. The lowest BCUT2D eigenvalue weighted by molar-refractivity contribution is 0.0214. The minimum Gasteiger partial charge on any atom is -0.444 e. The van der Waals surface area contributed by atoms with E-state index in [-0.39, 0.29) is 6.09 Å². The van der Waals surface area contributed by atoms with Crippen LogP contribution >= 0.6 is 11.3 Å².